The largest absolute Gasteiger partial charge is 0.465 e. The van der Waals surface area contributed by atoms with E-state index >= 15 is 0 Å². The third-order valence-corrected chi connectivity index (χ3v) is 2.78. The normalized spacial score (nSPS) is 21.6. The van der Waals surface area contributed by atoms with E-state index in [1.165, 1.54) is 4.90 Å². The molecule has 0 spiro atoms. The van der Waals surface area contributed by atoms with Gasteiger partial charge in [0.25, 0.3) is 0 Å². The summed E-state index contributed by atoms with van der Waals surface area (Å²) in [5.74, 6) is 0. The highest BCUT2D eigenvalue weighted by Gasteiger charge is 2.35. The van der Waals surface area contributed by atoms with Gasteiger partial charge in [0, 0.05) is 12.6 Å². The van der Waals surface area contributed by atoms with Crippen molar-refractivity contribution in [3.8, 4) is 0 Å². The summed E-state index contributed by atoms with van der Waals surface area (Å²) < 4.78 is 0. The molecule has 1 fully saturated rings. The third kappa shape index (κ3) is 1.47. The first-order valence-electron chi connectivity index (χ1n) is 4.03. The fourth-order valence-electron chi connectivity index (χ4n) is 1.70. The predicted octanol–water partition coefficient (Wildman–Crippen LogP) is 1.93. The molecular weight excluding hydrogens is 142 g/mol. The maximum absolute atomic E-state index is 10.6. The van der Waals surface area contributed by atoms with Crippen LogP contribution in [0.3, 0.4) is 0 Å². The van der Waals surface area contributed by atoms with Crippen LogP contribution in [0.4, 0.5) is 4.79 Å². The second-order valence-electron chi connectivity index (χ2n) is 3.55. The molecule has 0 unspecified atom stereocenters. The fourth-order valence-corrected chi connectivity index (χ4v) is 1.70. The summed E-state index contributed by atoms with van der Waals surface area (Å²) >= 11 is 0. The minimum atomic E-state index is -0.811. The molecule has 0 saturated heterocycles. The summed E-state index contributed by atoms with van der Waals surface area (Å²) in [6.45, 7) is 2.02. The maximum Gasteiger partial charge on any atom is 0.407 e. The van der Waals surface area contributed by atoms with E-state index in [1.54, 1.807) is 7.05 Å². The molecule has 0 aromatic carbocycles. The lowest BCUT2D eigenvalue weighted by Gasteiger charge is -2.32. The Morgan fingerprint density at radius 1 is 1.45 bits per heavy atom. The second kappa shape index (κ2) is 2.72. The van der Waals surface area contributed by atoms with Gasteiger partial charge in [-0.05, 0) is 19.8 Å². The van der Waals surface area contributed by atoms with Crippen molar-refractivity contribution in [3.05, 3.63) is 0 Å². The van der Waals surface area contributed by atoms with E-state index in [0.717, 1.165) is 25.7 Å². The standard InChI is InChI=1S/C8H15NO2/c1-8(5-3-4-6-8)9(2)7(10)11/h3-6H2,1-2H3,(H,10,11). The van der Waals surface area contributed by atoms with Crippen molar-refractivity contribution in [3.63, 3.8) is 0 Å². The topological polar surface area (TPSA) is 40.5 Å². The zero-order chi connectivity index (χ0) is 8.48. The molecule has 1 saturated carbocycles. The number of hydrogen-bond donors (Lipinski definition) is 1. The van der Waals surface area contributed by atoms with Crippen LogP contribution < -0.4 is 0 Å². The lowest BCUT2D eigenvalue weighted by molar-refractivity contribution is 0.105. The highest BCUT2D eigenvalue weighted by Crippen LogP contribution is 2.33. The molecule has 0 atom stereocenters. The van der Waals surface area contributed by atoms with Gasteiger partial charge < -0.3 is 10.0 Å². The van der Waals surface area contributed by atoms with E-state index in [-0.39, 0.29) is 5.54 Å². The molecule has 64 valence electrons. The van der Waals surface area contributed by atoms with Crippen LogP contribution in [-0.2, 0) is 0 Å². The number of rotatable bonds is 1. The average molecular weight is 157 g/mol. The van der Waals surface area contributed by atoms with E-state index in [2.05, 4.69) is 0 Å². The van der Waals surface area contributed by atoms with Crippen molar-refractivity contribution >= 4 is 6.09 Å². The van der Waals surface area contributed by atoms with Crippen molar-refractivity contribution in [1.82, 2.24) is 4.90 Å². The van der Waals surface area contributed by atoms with Gasteiger partial charge in [-0.1, -0.05) is 12.8 Å². The summed E-state index contributed by atoms with van der Waals surface area (Å²) in [5.41, 5.74) is -0.0914. The molecule has 1 N–H and O–H groups in total. The first kappa shape index (κ1) is 8.37. The number of hydrogen-bond acceptors (Lipinski definition) is 1. The van der Waals surface area contributed by atoms with Gasteiger partial charge in [0.05, 0.1) is 0 Å². The van der Waals surface area contributed by atoms with Gasteiger partial charge in [-0.2, -0.15) is 0 Å². The summed E-state index contributed by atoms with van der Waals surface area (Å²) in [6.07, 6.45) is 3.53. The highest BCUT2D eigenvalue weighted by molar-refractivity contribution is 5.65. The lowest BCUT2D eigenvalue weighted by Crippen LogP contribution is -2.44. The van der Waals surface area contributed by atoms with Crippen molar-refractivity contribution in [1.29, 1.82) is 0 Å². The van der Waals surface area contributed by atoms with Crippen molar-refractivity contribution in [2.75, 3.05) is 7.05 Å². The van der Waals surface area contributed by atoms with Crippen LogP contribution in [0.5, 0.6) is 0 Å². The smallest absolute Gasteiger partial charge is 0.407 e. The zero-order valence-corrected chi connectivity index (χ0v) is 7.13. The van der Waals surface area contributed by atoms with Gasteiger partial charge in [0.15, 0.2) is 0 Å². The fraction of sp³-hybridized carbons (Fsp3) is 0.875. The van der Waals surface area contributed by atoms with Crippen LogP contribution in [0.2, 0.25) is 0 Å². The van der Waals surface area contributed by atoms with E-state index in [1.807, 2.05) is 6.92 Å². The minimum Gasteiger partial charge on any atom is -0.465 e. The molecule has 11 heavy (non-hydrogen) atoms. The Labute approximate surface area is 67.0 Å². The minimum absolute atomic E-state index is 0.0914. The molecule has 1 aliphatic carbocycles. The van der Waals surface area contributed by atoms with E-state index in [0.29, 0.717) is 0 Å². The second-order valence-corrected chi connectivity index (χ2v) is 3.55. The van der Waals surface area contributed by atoms with Crippen molar-refractivity contribution in [2.45, 2.75) is 38.1 Å². The highest BCUT2D eigenvalue weighted by atomic mass is 16.4. The van der Waals surface area contributed by atoms with Crippen LogP contribution in [0, 0.1) is 0 Å². The SMILES string of the molecule is CN(C(=O)O)C1(C)CCCC1. The molecule has 0 aliphatic heterocycles. The number of carboxylic acid groups (broad SMARTS) is 1. The Bertz CT molecular complexity index is 161. The van der Waals surface area contributed by atoms with Crippen LogP contribution in [0.25, 0.3) is 0 Å². The van der Waals surface area contributed by atoms with E-state index < -0.39 is 6.09 Å². The van der Waals surface area contributed by atoms with E-state index in [4.69, 9.17) is 5.11 Å². The van der Waals surface area contributed by atoms with Gasteiger partial charge >= 0.3 is 6.09 Å². The van der Waals surface area contributed by atoms with Crippen LogP contribution in [0.15, 0.2) is 0 Å². The molecule has 0 heterocycles. The van der Waals surface area contributed by atoms with Gasteiger partial charge in [0.1, 0.15) is 0 Å². The Morgan fingerprint density at radius 3 is 2.27 bits per heavy atom. The van der Waals surface area contributed by atoms with Crippen molar-refractivity contribution < 1.29 is 9.90 Å². The maximum atomic E-state index is 10.6. The molecule has 0 aromatic heterocycles. The van der Waals surface area contributed by atoms with Crippen LogP contribution in [0.1, 0.15) is 32.6 Å². The quantitative estimate of drug-likeness (QED) is 0.631. The van der Waals surface area contributed by atoms with E-state index in [9.17, 15) is 4.79 Å². The molecule has 3 heteroatoms. The molecule has 3 nitrogen and oxygen atoms in total. The summed E-state index contributed by atoms with van der Waals surface area (Å²) in [5, 5.41) is 8.73. The number of amides is 1. The zero-order valence-electron chi connectivity index (χ0n) is 7.13. The Balaban J connectivity index is 2.63. The monoisotopic (exact) mass is 157 g/mol. The Morgan fingerprint density at radius 2 is 1.91 bits per heavy atom. The third-order valence-electron chi connectivity index (χ3n) is 2.78. The molecule has 0 radical (unpaired) electrons. The van der Waals surface area contributed by atoms with Crippen molar-refractivity contribution in [2.24, 2.45) is 0 Å². The first-order chi connectivity index (χ1) is 5.06. The predicted molar refractivity (Wildman–Crippen MR) is 42.7 cm³/mol. The first-order valence-corrected chi connectivity index (χ1v) is 4.03. The van der Waals surface area contributed by atoms with Gasteiger partial charge in [-0.15, -0.1) is 0 Å². The molecule has 1 rings (SSSR count). The summed E-state index contributed by atoms with van der Waals surface area (Å²) in [4.78, 5) is 12.1. The van der Waals surface area contributed by atoms with Gasteiger partial charge in [0.2, 0.25) is 0 Å². The molecule has 1 amide bonds. The molecular formula is C8H15NO2. The average Bonchev–Trinajstić information content (AvgIpc) is 2.35. The van der Waals surface area contributed by atoms with Gasteiger partial charge in [-0.3, -0.25) is 0 Å². The Hall–Kier alpha value is -0.730. The number of nitrogens with zero attached hydrogens (tertiary/aromatic N) is 1. The molecule has 0 aromatic rings. The molecule has 1 aliphatic rings. The number of carbonyl (C=O) groups is 1. The lowest BCUT2D eigenvalue weighted by atomic mass is 9.99. The van der Waals surface area contributed by atoms with Gasteiger partial charge in [-0.25, -0.2) is 4.79 Å². The Kier molecular flexibility index (Phi) is 2.07. The molecule has 0 bridgehead atoms. The summed E-state index contributed by atoms with van der Waals surface area (Å²) in [6, 6.07) is 0. The van der Waals surface area contributed by atoms with Crippen LogP contribution in [-0.4, -0.2) is 28.7 Å². The summed E-state index contributed by atoms with van der Waals surface area (Å²) in [7, 11) is 1.66. The van der Waals surface area contributed by atoms with Crippen LogP contribution >= 0.6 is 0 Å².